The van der Waals surface area contributed by atoms with Crippen LogP contribution in [0.5, 0.6) is 0 Å². The first kappa shape index (κ1) is 13.9. The van der Waals surface area contributed by atoms with Gasteiger partial charge in [-0.05, 0) is 31.9 Å². The van der Waals surface area contributed by atoms with Gasteiger partial charge in [0.15, 0.2) is 0 Å². The molecule has 0 aliphatic heterocycles. The van der Waals surface area contributed by atoms with E-state index in [-0.39, 0.29) is 0 Å². The number of nitrogens with one attached hydrogen (secondary N) is 1. The molecule has 2 aromatic rings. The minimum atomic E-state index is 0.339. The number of nitrogens with zero attached hydrogens (tertiary/aromatic N) is 1. The molecule has 0 unspecified atom stereocenters. The average Bonchev–Trinajstić information content (AvgIpc) is 2.36. The number of H-pyrrole nitrogens is 1. The topological polar surface area (TPSA) is 28.7 Å². The van der Waals surface area contributed by atoms with Crippen LogP contribution in [-0.4, -0.2) is 9.97 Å². The van der Waals surface area contributed by atoms with E-state index in [0.29, 0.717) is 10.6 Å². The molecule has 1 aromatic carbocycles. The maximum absolute atomic E-state index is 5.39. The zero-order chi connectivity index (χ0) is 14.2. The lowest BCUT2D eigenvalue weighted by Gasteiger charge is -2.14. The van der Waals surface area contributed by atoms with Crippen molar-refractivity contribution in [2.24, 2.45) is 0 Å². The highest BCUT2D eigenvalue weighted by Crippen LogP contribution is 2.27. The van der Waals surface area contributed by atoms with Gasteiger partial charge >= 0.3 is 0 Å². The van der Waals surface area contributed by atoms with Crippen LogP contribution in [0.25, 0.3) is 11.3 Å². The summed E-state index contributed by atoms with van der Waals surface area (Å²) >= 11 is 5.39. The molecule has 100 valence electrons. The summed E-state index contributed by atoms with van der Waals surface area (Å²) < 4.78 is 0.693. The van der Waals surface area contributed by atoms with Gasteiger partial charge in [0, 0.05) is 17.0 Å². The SMILES string of the molecule is Cc1cccc(-c2[nH]c(C(C)C)nc(=S)c2C)c1C. The fourth-order valence-corrected chi connectivity index (χ4v) is 2.32. The number of aromatic nitrogens is 2. The van der Waals surface area contributed by atoms with Crippen molar-refractivity contribution in [3.05, 3.63) is 45.4 Å². The molecule has 0 spiro atoms. The van der Waals surface area contributed by atoms with Gasteiger partial charge in [0.1, 0.15) is 10.5 Å². The third kappa shape index (κ3) is 2.61. The van der Waals surface area contributed by atoms with Crippen LogP contribution in [0.1, 0.15) is 42.3 Å². The van der Waals surface area contributed by atoms with Gasteiger partial charge in [-0.15, -0.1) is 0 Å². The summed E-state index contributed by atoms with van der Waals surface area (Å²) in [6.07, 6.45) is 0. The Morgan fingerprint density at radius 1 is 1.11 bits per heavy atom. The second-order valence-electron chi connectivity index (χ2n) is 5.33. The summed E-state index contributed by atoms with van der Waals surface area (Å²) in [5.41, 5.74) is 5.95. The van der Waals surface area contributed by atoms with Crippen molar-refractivity contribution in [2.45, 2.75) is 40.5 Å². The van der Waals surface area contributed by atoms with Crippen molar-refractivity contribution in [1.29, 1.82) is 0 Å². The first-order valence-corrected chi connectivity index (χ1v) is 7.00. The Hall–Kier alpha value is -1.48. The molecule has 19 heavy (non-hydrogen) atoms. The van der Waals surface area contributed by atoms with Crippen molar-refractivity contribution < 1.29 is 0 Å². The van der Waals surface area contributed by atoms with Gasteiger partial charge in [-0.3, -0.25) is 0 Å². The Morgan fingerprint density at radius 3 is 2.42 bits per heavy atom. The zero-order valence-electron chi connectivity index (χ0n) is 12.2. The lowest BCUT2D eigenvalue weighted by Crippen LogP contribution is -2.03. The van der Waals surface area contributed by atoms with E-state index in [9.17, 15) is 0 Å². The fourth-order valence-electron chi connectivity index (χ4n) is 2.11. The smallest absolute Gasteiger partial charge is 0.133 e. The number of aromatic amines is 1. The van der Waals surface area contributed by atoms with Crippen LogP contribution in [0, 0.1) is 25.4 Å². The summed E-state index contributed by atoms with van der Waals surface area (Å²) in [5.74, 6) is 1.29. The second-order valence-corrected chi connectivity index (χ2v) is 5.72. The minimum Gasteiger partial charge on any atom is -0.343 e. The van der Waals surface area contributed by atoms with E-state index < -0.39 is 0 Å². The van der Waals surface area contributed by atoms with Gasteiger partial charge < -0.3 is 4.98 Å². The highest BCUT2D eigenvalue weighted by atomic mass is 32.1. The number of aryl methyl sites for hydroxylation is 1. The van der Waals surface area contributed by atoms with Crippen molar-refractivity contribution in [2.75, 3.05) is 0 Å². The van der Waals surface area contributed by atoms with Crippen molar-refractivity contribution in [1.82, 2.24) is 9.97 Å². The molecule has 2 nitrogen and oxygen atoms in total. The van der Waals surface area contributed by atoms with Crippen LogP contribution in [0.15, 0.2) is 18.2 Å². The van der Waals surface area contributed by atoms with Crippen LogP contribution >= 0.6 is 12.2 Å². The Balaban J connectivity index is 2.75. The van der Waals surface area contributed by atoms with Gasteiger partial charge in [-0.2, -0.15) is 0 Å². The van der Waals surface area contributed by atoms with Gasteiger partial charge in [-0.25, -0.2) is 4.98 Å². The zero-order valence-corrected chi connectivity index (χ0v) is 13.0. The van der Waals surface area contributed by atoms with E-state index in [1.807, 2.05) is 6.92 Å². The Labute approximate surface area is 119 Å². The molecule has 0 saturated heterocycles. The second kappa shape index (κ2) is 5.25. The molecule has 0 amide bonds. The number of benzene rings is 1. The van der Waals surface area contributed by atoms with E-state index in [1.54, 1.807) is 0 Å². The lowest BCUT2D eigenvalue weighted by molar-refractivity contribution is 0.770. The van der Waals surface area contributed by atoms with E-state index in [1.165, 1.54) is 16.7 Å². The van der Waals surface area contributed by atoms with Gasteiger partial charge in [0.2, 0.25) is 0 Å². The number of rotatable bonds is 2. The predicted octanol–water partition coefficient (Wildman–Crippen LogP) is 4.85. The van der Waals surface area contributed by atoms with Crippen LogP contribution < -0.4 is 0 Å². The third-order valence-corrected chi connectivity index (χ3v) is 3.99. The first-order chi connectivity index (χ1) is 8.91. The summed E-state index contributed by atoms with van der Waals surface area (Å²) in [6, 6.07) is 6.36. The van der Waals surface area contributed by atoms with Crippen molar-refractivity contribution in [3.8, 4) is 11.3 Å². The highest BCUT2D eigenvalue weighted by molar-refractivity contribution is 7.71. The largest absolute Gasteiger partial charge is 0.343 e. The van der Waals surface area contributed by atoms with Crippen LogP contribution in [0.2, 0.25) is 0 Å². The lowest BCUT2D eigenvalue weighted by atomic mass is 9.98. The average molecular weight is 272 g/mol. The summed E-state index contributed by atoms with van der Waals surface area (Å²) in [6.45, 7) is 10.6. The molecule has 0 saturated carbocycles. The summed E-state index contributed by atoms with van der Waals surface area (Å²) in [7, 11) is 0. The molecule has 0 radical (unpaired) electrons. The summed E-state index contributed by atoms with van der Waals surface area (Å²) in [5, 5.41) is 0. The monoisotopic (exact) mass is 272 g/mol. The van der Waals surface area contributed by atoms with E-state index in [4.69, 9.17) is 12.2 Å². The van der Waals surface area contributed by atoms with Gasteiger partial charge in [0.05, 0.1) is 5.69 Å². The molecule has 0 atom stereocenters. The molecule has 3 heteroatoms. The molecule has 2 rings (SSSR count). The minimum absolute atomic E-state index is 0.339. The Morgan fingerprint density at radius 2 is 1.79 bits per heavy atom. The molecular formula is C16H20N2S. The van der Waals surface area contributed by atoms with Crippen molar-refractivity contribution >= 4 is 12.2 Å². The number of hydrogen-bond acceptors (Lipinski definition) is 2. The maximum atomic E-state index is 5.39. The molecule has 1 aromatic heterocycles. The van der Waals surface area contributed by atoms with Crippen LogP contribution in [0.3, 0.4) is 0 Å². The maximum Gasteiger partial charge on any atom is 0.133 e. The highest BCUT2D eigenvalue weighted by Gasteiger charge is 2.12. The molecule has 0 fully saturated rings. The molecule has 0 bridgehead atoms. The first-order valence-electron chi connectivity index (χ1n) is 6.59. The standard InChI is InChI=1S/C16H20N2S/c1-9(2)15-17-14(12(5)16(19)18-15)13-8-6-7-10(3)11(13)4/h6-9H,1-5H3,(H,17,18,19). The van der Waals surface area contributed by atoms with Gasteiger partial charge in [-0.1, -0.05) is 44.3 Å². The number of hydrogen-bond donors (Lipinski definition) is 1. The Kier molecular flexibility index (Phi) is 3.85. The quantitative estimate of drug-likeness (QED) is 0.791. The summed E-state index contributed by atoms with van der Waals surface area (Å²) in [4.78, 5) is 7.93. The fraction of sp³-hybridized carbons (Fsp3) is 0.375. The normalized spacial score (nSPS) is 11.1. The molecule has 0 aliphatic carbocycles. The van der Waals surface area contributed by atoms with Crippen molar-refractivity contribution in [3.63, 3.8) is 0 Å². The molecule has 1 heterocycles. The van der Waals surface area contributed by atoms with E-state index in [0.717, 1.165) is 17.1 Å². The van der Waals surface area contributed by atoms with Gasteiger partial charge in [0.25, 0.3) is 0 Å². The van der Waals surface area contributed by atoms with E-state index >= 15 is 0 Å². The predicted molar refractivity (Wildman–Crippen MR) is 83.2 cm³/mol. The molecule has 1 N–H and O–H groups in total. The third-order valence-electron chi connectivity index (χ3n) is 3.59. The molecular weight excluding hydrogens is 252 g/mol. The van der Waals surface area contributed by atoms with Crippen LogP contribution in [0.4, 0.5) is 0 Å². The Bertz CT molecular complexity index is 669. The molecule has 0 aliphatic rings. The van der Waals surface area contributed by atoms with Crippen LogP contribution in [-0.2, 0) is 0 Å². The van der Waals surface area contributed by atoms with E-state index in [2.05, 4.69) is 55.9 Å².